The van der Waals surface area contributed by atoms with Crippen LogP contribution in [0.4, 0.5) is 0 Å². The van der Waals surface area contributed by atoms with Gasteiger partial charge in [0.25, 0.3) is 5.91 Å². The molecule has 1 aliphatic heterocycles. The maximum Gasteiger partial charge on any atom is 0.270 e. The second kappa shape index (κ2) is 4.14. The summed E-state index contributed by atoms with van der Waals surface area (Å²) in [5, 5.41) is 9.82. The van der Waals surface area contributed by atoms with Crippen molar-refractivity contribution in [3.05, 3.63) is 22.4 Å². The Morgan fingerprint density at radius 1 is 1.47 bits per heavy atom. The van der Waals surface area contributed by atoms with Crippen LogP contribution in [0, 0.1) is 11.8 Å². The van der Waals surface area contributed by atoms with Gasteiger partial charge in [0.05, 0.1) is 6.10 Å². The first-order valence-electron chi connectivity index (χ1n) is 5.96. The summed E-state index contributed by atoms with van der Waals surface area (Å²) in [5.41, 5.74) is 0.617. The maximum atomic E-state index is 12.2. The zero-order chi connectivity index (χ0) is 12.0. The number of halogens is 1. The Balaban J connectivity index is 1.73. The molecule has 17 heavy (non-hydrogen) atoms. The van der Waals surface area contributed by atoms with Crippen LogP contribution in [0.2, 0.25) is 0 Å². The fourth-order valence-corrected chi connectivity index (χ4v) is 3.41. The van der Waals surface area contributed by atoms with Crippen LogP contribution < -0.4 is 0 Å². The zero-order valence-electron chi connectivity index (χ0n) is 9.40. The third-order valence-corrected chi connectivity index (χ3v) is 4.44. The van der Waals surface area contributed by atoms with Crippen molar-refractivity contribution in [2.24, 2.45) is 11.8 Å². The molecular formula is C12H15BrN2O2. The van der Waals surface area contributed by atoms with E-state index >= 15 is 0 Å². The molecule has 1 saturated carbocycles. The van der Waals surface area contributed by atoms with Gasteiger partial charge in [-0.1, -0.05) is 0 Å². The van der Waals surface area contributed by atoms with E-state index in [4.69, 9.17) is 0 Å². The van der Waals surface area contributed by atoms with E-state index < -0.39 is 0 Å². The smallest absolute Gasteiger partial charge is 0.270 e. The molecule has 5 heteroatoms. The summed E-state index contributed by atoms with van der Waals surface area (Å²) in [4.78, 5) is 17.0. The number of aromatic amines is 1. The molecule has 0 bridgehead atoms. The van der Waals surface area contributed by atoms with Crippen LogP contribution in [0.25, 0.3) is 0 Å². The van der Waals surface area contributed by atoms with Crippen molar-refractivity contribution in [1.82, 2.24) is 9.88 Å². The van der Waals surface area contributed by atoms with Crippen molar-refractivity contribution in [2.75, 3.05) is 13.1 Å². The van der Waals surface area contributed by atoms with E-state index in [2.05, 4.69) is 20.9 Å². The molecule has 0 radical (unpaired) electrons. The van der Waals surface area contributed by atoms with Gasteiger partial charge in [-0.05, 0) is 40.8 Å². The molecule has 2 N–H and O–H groups in total. The van der Waals surface area contributed by atoms with Gasteiger partial charge in [-0.3, -0.25) is 4.79 Å². The number of carbonyl (C=O) groups excluding carboxylic acids is 1. The fraction of sp³-hybridized carbons (Fsp3) is 0.583. The third-order valence-electron chi connectivity index (χ3n) is 3.98. The van der Waals surface area contributed by atoms with E-state index in [1.54, 1.807) is 12.3 Å². The molecule has 0 aromatic carbocycles. The van der Waals surface area contributed by atoms with Gasteiger partial charge in [0.2, 0.25) is 0 Å². The predicted molar refractivity (Wildman–Crippen MR) is 66.6 cm³/mol. The Kier molecular flexibility index (Phi) is 2.75. The van der Waals surface area contributed by atoms with Crippen LogP contribution in [0.15, 0.2) is 16.7 Å². The number of nitrogens with zero attached hydrogens (tertiary/aromatic N) is 1. The number of nitrogens with one attached hydrogen (secondary N) is 1. The number of likely N-dealkylation sites (tertiary alicyclic amines) is 1. The largest absolute Gasteiger partial charge is 0.393 e. The van der Waals surface area contributed by atoms with Crippen molar-refractivity contribution < 1.29 is 9.90 Å². The monoisotopic (exact) mass is 298 g/mol. The molecule has 92 valence electrons. The second-order valence-electron chi connectivity index (χ2n) is 5.01. The Bertz CT molecular complexity index is 445. The van der Waals surface area contributed by atoms with Gasteiger partial charge in [-0.25, -0.2) is 0 Å². The minimum absolute atomic E-state index is 0.0392. The first kappa shape index (κ1) is 11.3. The first-order valence-corrected chi connectivity index (χ1v) is 6.75. The number of H-pyrrole nitrogens is 1. The van der Waals surface area contributed by atoms with Gasteiger partial charge in [-0.2, -0.15) is 0 Å². The van der Waals surface area contributed by atoms with Crippen LogP contribution in [-0.4, -0.2) is 40.1 Å². The van der Waals surface area contributed by atoms with Gasteiger partial charge < -0.3 is 15.0 Å². The van der Waals surface area contributed by atoms with Gasteiger partial charge in [0.15, 0.2) is 0 Å². The lowest BCUT2D eigenvalue weighted by molar-refractivity contribution is 0.0747. The average Bonchev–Trinajstić information content (AvgIpc) is 2.96. The molecule has 1 amide bonds. The number of rotatable bonds is 1. The Labute approximate surface area is 108 Å². The topological polar surface area (TPSA) is 56.3 Å². The van der Waals surface area contributed by atoms with E-state index in [0.717, 1.165) is 23.9 Å². The highest BCUT2D eigenvalue weighted by Crippen LogP contribution is 2.38. The lowest BCUT2D eigenvalue weighted by Crippen LogP contribution is -2.31. The number of aliphatic hydroxyl groups is 1. The molecule has 3 rings (SSSR count). The third kappa shape index (κ3) is 1.91. The number of hydrogen-bond donors (Lipinski definition) is 2. The van der Waals surface area contributed by atoms with E-state index in [1.807, 2.05) is 4.90 Å². The summed E-state index contributed by atoms with van der Waals surface area (Å²) in [6.07, 6.45) is 3.49. The second-order valence-corrected chi connectivity index (χ2v) is 5.93. The molecule has 2 heterocycles. The van der Waals surface area contributed by atoms with E-state index in [1.165, 1.54) is 0 Å². The molecule has 1 aliphatic carbocycles. The molecule has 1 aromatic heterocycles. The van der Waals surface area contributed by atoms with Crippen LogP contribution in [0.5, 0.6) is 0 Å². The van der Waals surface area contributed by atoms with Crippen molar-refractivity contribution in [2.45, 2.75) is 18.9 Å². The lowest BCUT2D eigenvalue weighted by atomic mass is 10.00. The summed E-state index contributed by atoms with van der Waals surface area (Å²) in [5.74, 6) is 0.821. The molecule has 0 spiro atoms. The number of amides is 1. The van der Waals surface area contributed by atoms with Crippen molar-refractivity contribution in [3.8, 4) is 0 Å². The number of aliphatic hydroxyl groups excluding tert-OH is 1. The zero-order valence-corrected chi connectivity index (χ0v) is 11.0. The van der Waals surface area contributed by atoms with Crippen LogP contribution >= 0.6 is 15.9 Å². The number of carbonyl (C=O) groups is 1. The van der Waals surface area contributed by atoms with E-state index in [9.17, 15) is 9.90 Å². The Hall–Kier alpha value is -0.810. The van der Waals surface area contributed by atoms with Gasteiger partial charge in [0, 0.05) is 29.7 Å². The average molecular weight is 299 g/mol. The molecule has 3 unspecified atom stereocenters. The van der Waals surface area contributed by atoms with Crippen molar-refractivity contribution in [3.63, 3.8) is 0 Å². The number of hydrogen-bond acceptors (Lipinski definition) is 2. The minimum Gasteiger partial charge on any atom is -0.393 e. The Morgan fingerprint density at radius 3 is 2.94 bits per heavy atom. The first-order chi connectivity index (χ1) is 8.15. The molecule has 1 saturated heterocycles. The van der Waals surface area contributed by atoms with E-state index in [-0.39, 0.29) is 17.9 Å². The SMILES string of the molecule is O=C(c1cc(Br)c[nH]1)N1CC2CCC(O)C2C1. The highest BCUT2D eigenvalue weighted by atomic mass is 79.9. The van der Waals surface area contributed by atoms with Crippen LogP contribution in [0.3, 0.4) is 0 Å². The summed E-state index contributed by atoms with van der Waals surface area (Å²) in [7, 11) is 0. The van der Waals surface area contributed by atoms with Gasteiger partial charge in [0.1, 0.15) is 5.69 Å². The lowest BCUT2D eigenvalue weighted by Gasteiger charge is -2.17. The van der Waals surface area contributed by atoms with Crippen LogP contribution in [0.1, 0.15) is 23.3 Å². The summed E-state index contributed by atoms with van der Waals surface area (Å²) >= 11 is 3.33. The van der Waals surface area contributed by atoms with Crippen molar-refractivity contribution in [1.29, 1.82) is 0 Å². The quantitative estimate of drug-likeness (QED) is 0.828. The normalized spacial score (nSPS) is 31.9. The highest BCUT2D eigenvalue weighted by molar-refractivity contribution is 9.10. The van der Waals surface area contributed by atoms with Crippen LogP contribution in [-0.2, 0) is 0 Å². The Morgan fingerprint density at radius 2 is 2.29 bits per heavy atom. The van der Waals surface area contributed by atoms with Gasteiger partial charge in [-0.15, -0.1) is 0 Å². The van der Waals surface area contributed by atoms with E-state index in [0.29, 0.717) is 18.2 Å². The summed E-state index contributed by atoms with van der Waals surface area (Å²) in [6.45, 7) is 1.48. The summed E-state index contributed by atoms with van der Waals surface area (Å²) < 4.78 is 0.889. The van der Waals surface area contributed by atoms with Gasteiger partial charge >= 0.3 is 0 Å². The predicted octanol–water partition coefficient (Wildman–Crippen LogP) is 1.62. The fourth-order valence-electron chi connectivity index (χ4n) is 3.06. The maximum absolute atomic E-state index is 12.2. The molecular weight excluding hydrogens is 284 g/mol. The van der Waals surface area contributed by atoms with Crippen molar-refractivity contribution >= 4 is 21.8 Å². The standard InChI is InChI=1S/C12H15BrN2O2/c13-8-3-10(14-4-8)12(17)15-5-7-1-2-11(16)9(7)6-15/h3-4,7,9,11,14,16H,1-2,5-6H2. The number of fused-ring (bicyclic) bond motifs is 1. The number of aromatic nitrogens is 1. The molecule has 4 nitrogen and oxygen atoms in total. The minimum atomic E-state index is -0.215. The highest BCUT2D eigenvalue weighted by Gasteiger charge is 2.43. The molecule has 1 aromatic rings. The molecule has 2 fully saturated rings. The molecule has 3 atom stereocenters. The molecule has 2 aliphatic rings. The summed E-state index contributed by atoms with van der Waals surface area (Å²) in [6, 6.07) is 1.80.